The molecule has 0 aliphatic heterocycles. The second kappa shape index (κ2) is 7.08. The van der Waals surface area contributed by atoms with Gasteiger partial charge >= 0.3 is 0 Å². The van der Waals surface area contributed by atoms with Crippen molar-refractivity contribution >= 4 is 0 Å². The molecule has 1 unspecified atom stereocenters. The third-order valence-corrected chi connectivity index (χ3v) is 3.78. The van der Waals surface area contributed by atoms with Crippen molar-refractivity contribution in [2.45, 2.75) is 63.5 Å². The number of hydrogen-bond donors (Lipinski definition) is 1. The summed E-state index contributed by atoms with van der Waals surface area (Å²) in [6.45, 7) is 7.15. The van der Waals surface area contributed by atoms with E-state index in [1.54, 1.807) is 0 Å². The second-order valence-electron chi connectivity index (χ2n) is 4.86. The summed E-state index contributed by atoms with van der Waals surface area (Å²) in [4.78, 5) is 0. The van der Waals surface area contributed by atoms with Crippen LogP contribution in [0.15, 0.2) is 12.7 Å². The van der Waals surface area contributed by atoms with Crippen molar-refractivity contribution in [2.75, 3.05) is 13.7 Å². The Morgan fingerprint density at radius 3 is 2.56 bits per heavy atom. The normalized spacial score (nSPS) is 21.6. The highest BCUT2D eigenvalue weighted by atomic mass is 16.5. The van der Waals surface area contributed by atoms with Crippen LogP contribution in [0.1, 0.15) is 51.9 Å². The van der Waals surface area contributed by atoms with Gasteiger partial charge in [-0.1, -0.05) is 32.3 Å². The lowest BCUT2D eigenvalue weighted by atomic mass is 9.78. The van der Waals surface area contributed by atoms with Gasteiger partial charge in [0.05, 0.1) is 5.60 Å². The summed E-state index contributed by atoms with van der Waals surface area (Å²) in [6.07, 6.45) is 10.5. The average Bonchev–Trinajstić information content (AvgIpc) is 2.35. The lowest BCUT2D eigenvalue weighted by Crippen LogP contribution is -2.53. The molecule has 1 rings (SSSR count). The molecular weight excluding hydrogens is 198 g/mol. The molecule has 0 aromatic carbocycles. The topological polar surface area (TPSA) is 21.3 Å². The van der Waals surface area contributed by atoms with Gasteiger partial charge in [0.2, 0.25) is 0 Å². The summed E-state index contributed by atoms with van der Waals surface area (Å²) in [5.41, 5.74) is 0.0572. The Labute approximate surface area is 100 Å². The zero-order valence-corrected chi connectivity index (χ0v) is 10.9. The Morgan fingerprint density at radius 1 is 1.38 bits per heavy atom. The van der Waals surface area contributed by atoms with Gasteiger partial charge in [-0.15, -0.1) is 6.58 Å². The van der Waals surface area contributed by atoms with Gasteiger partial charge in [0.15, 0.2) is 0 Å². The molecule has 2 nitrogen and oxygen atoms in total. The Morgan fingerprint density at radius 2 is 2.06 bits per heavy atom. The molecule has 16 heavy (non-hydrogen) atoms. The predicted molar refractivity (Wildman–Crippen MR) is 69.7 cm³/mol. The standard InChI is InChI=1S/C14H27NO/c1-4-9-13(15-12-5-2)14(16-3)10-7-6-8-11-14/h4,13,15H,1,5-12H2,2-3H3. The predicted octanol–water partition coefficient (Wildman–Crippen LogP) is 3.28. The molecule has 0 bridgehead atoms. The molecule has 1 fully saturated rings. The maximum atomic E-state index is 5.88. The van der Waals surface area contributed by atoms with Crippen LogP contribution in [0.25, 0.3) is 0 Å². The first-order valence-corrected chi connectivity index (χ1v) is 6.68. The summed E-state index contributed by atoms with van der Waals surface area (Å²) < 4.78 is 5.88. The van der Waals surface area contributed by atoms with E-state index in [0.29, 0.717) is 6.04 Å². The van der Waals surface area contributed by atoms with E-state index in [-0.39, 0.29) is 5.60 Å². The molecule has 0 amide bonds. The number of hydrogen-bond acceptors (Lipinski definition) is 2. The number of methoxy groups -OCH3 is 1. The van der Waals surface area contributed by atoms with E-state index >= 15 is 0 Å². The van der Waals surface area contributed by atoms with Gasteiger partial charge < -0.3 is 10.1 Å². The van der Waals surface area contributed by atoms with Crippen molar-refractivity contribution in [3.63, 3.8) is 0 Å². The molecule has 0 radical (unpaired) electrons. The summed E-state index contributed by atoms with van der Waals surface area (Å²) in [7, 11) is 1.87. The van der Waals surface area contributed by atoms with Gasteiger partial charge in [0, 0.05) is 13.2 Å². The lowest BCUT2D eigenvalue weighted by Gasteiger charge is -2.42. The largest absolute Gasteiger partial charge is 0.377 e. The van der Waals surface area contributed by atoms with Gasteiger partial charge in [-0.05, 0) is 32.2 Å². The van der Waals surface area contributed by atoms with Gasteiger partial charge in [-0.25, -0.2) is 0 Å². The number of rotatable bonds is 7. The first-order valence-electron chi connectivity index (χ1n) is 6.68. The Bertz CT molecular complexity index is 197. The zero-order valence-electron chi connectivity index (χ0n) is 10.9. The third-order valence-electron chi connectivity index (χ3n) is 3.78. The SMILES string of the molecule is C=CCC(NCCC)C1(OC)CCCCC1. The zero-order chi connectivity index (χ0) is 11.9. The quantitative estimate of drug-likeness (QED) is 0.671. The molecule has 94 valence electrons. The van der Waals surface area contributed by atoms with Crippen molar-refractivity contribution in [1.82, 2.24) is 5.32 Å². The third kappa shape index (κ3) is 3.33. The fourth-order valence-corrected chi connectivity index (χ4v) is 2.81. The van der Waals surface area contributed by atoms with E-state index in [4.69, 9.17) is 4.74 Å². The summed E-state index contributed by atoms with van der Waals surface area (Å²) in [5, 5.41) is 3.64. The van der Waals surface area contributed by atoms with Crippen LogP contribution in [0.2, 0.25) is 0 Å². The summed E-state index contributed by atoms with van der Waals surface area (Å²) >= 11 is 0. The molecule has 0 spiro atoms. The first-order chi connectivity index (χ1) is 7.79. The van der Waals surface area contributed by atoms with Crippen LogP contribution in [0.5, 0.6) is 0 Å². The van der Waals surface area contributed by atoms with Crippen molar-refractivity contribution in [2.24, 2.45) is 0 Å². The van der Waals surface area contributed by atoms with Crippen LogP contribution < -0.4 is 5.32 Å². The fourth-order valence-electron chi connectivity index (χ4n) is 2.81. The van der Waals surface area contributed by atoms with Crippen LogP contribution in [0.4, 0.5) is 0 Å². The molecular formula is C14H27NO. The minimum absolute atomic E-state index is 0.0572. The van der Waals surface area contributed by atoms with Crippen molar-refractivity contribution < 1.29 is 4.74 Å². The highest BCUT2D eigenvalue weighted by Crippen LogP contribution is 2.35. The van der Waals surface area contributed by atoms with E-state index in [0.717, 1.165) is 13.0 Å². The van der Waals surface area contributed by atoms with E-state index in [1.807, 2.05) is 13.2 Å². The maximum absolute atomic E-state index is 5.88. The van der Waals surface area contributed by atoms with Crippen LogP contribution >= 0.6 is 0 Å². The molecule has 1 aliphatic rings. The number of nitrogens with one attached hydrogen (secondary N) is 1. The summed E-state index contributed by atoms with van der Waals surface area (Å²) in [6, 6.07) is 0.440. The molecule has 1 aliphatic carbocycles. The minimum Gasteiger partial charge on any atom is -0.377 e. The molecule has 1 saturated carbocycles. The molecule has 0 heterocycles. The highest BCUT2D eigenvalue weighted by molar-refractivity contribution is 4.98. The Hall–Kier alpha value is -0.340. The lowest BCUT2D eigenvalue weighted by molar-refractivity contribution is -0.0666. The number of ether oxygens (including phenoxy) is 1. The van der Waals surface area contributed by atoms with E-state index in [9.17, 15) is 0 Å². The monoisotopic (exact) mass is 225 g/mol. The summed E-state index contributed by atoms with van der Waals surface area (Å²) in [5.74, 6) is 0. The molecule has 1 atom stereocenters. The van der Waals surface area contributed by atoms with Crippen LogP contribution in [0.3, 0.4) is 0 Å². The van der Waals surface area contributed by atoms with E-state index in [1.165, 1.54) is 38.5 Å². The van der Waals surface area contributed by atoms with Crippen molar-refractivity contribution in [1.29, 1.82) is 0 Å². The minimum atomic E-state index is 0.0572. The molecule has 0 aromatic heterocycles. The van der Waals surface area contributed by atoms with Crippen molar-refractivity contribution in [3.8, 4) is 0 Å². The molecule has 0 saturated heterocycles. The van der Waals surface area contributed by atoms with Gasteiger partial charge in [-0.3, -0.25) is 0 Å². The van der Waals surface area contributed by atoms with Gasteiger partial charge in [0.1, 0.15) is 0 Å². The molecule has 2 heteroatoms. The van der Waals surface area contributed by atoms with Gasteiger partial charge in [0.25, 0.3) is 0 Å². The second-order valence-corrected chi connectivity index (χ2v) is 4.86. The average molecular weight is 225 g/mol. The fraction of sp³-hybridized carbons (Fsp3) is 0.857. The van der Waals surface area contributed by atoms with Crippen LogP contribution in [0, 0.1) is 0 Å². The first kappa shape index (κ1) is 13.7. The van der Waals surface area contributed by atoms with Crippen LogP contribution in [-0.2, 0) is 4.74 Å². The molecule has 1 N–H and O–H groups in total. The van der Waals surface area contributed by atoms with Crippen LogP contribution in [-0.4, -0.2) is 25.3 Å². The smallest absolute Gasteiger partial charge is 0.0834 e. The Kier molecular flexibility index (Phi) is 6.07. The molecule has 0 aromatic rings. The Balaban J connectivity index is 2.65. The van der Waals surface area contributed by atoms with E-state index < -0.39 is 0 Å². The van der Waals surface area contributed by atoms with Gasteiger partial charge in [-0.2, -0.15) is 0 Å². The van der Waals surface area contributed by atoms with Crippen molar-refractivity contribution in [3.05, 3.63) is 12.7 Å². The highest BCUT2D eigenvalue weighted by Gasteiger charge is 2.38. The van der Waals surface area contributed by atoms with E-state index in [2.05, 4.69) is 18.8 Å². The maximum Gasteiger partial charge on any atom is 0.0834 e.